The Labute approximate surface area is 171 Å². The maximum Gasteiger partial charge on any atom is 0.326 e. The first-order valence-corrected chi connectivity index (χ1v) is 9.59. The first kappa shape index (κ1) is 22.0. The van der Waals surface area contributed by atoms with Crippen molar-refractivity contribution in [2.45, 2.75) is 32.2 Å². The zero-order valence-electron chi connectivity index (χ0n) is 16.8. The first-order valence-electron chi connectivity index (χ1n) is 9.59. The number of carboxylic acid groups (broad SMARTS) is 1. The lowest BCUT2D eigenvalue weighted by atomic mass is 10.1. The van der Waals surface area contributed by atoms with E-state index in [1.54, 1.807) is 25.3 Å². The maximum atomic E-state index is 12.2. The van der Waals surface area contributed by atoms with E-state index in [0.717, 1.165) is 24.0 Å². The second-order valence-electron chi connectivity index (χ2n) is 6.53. The summed E-state index contributed by atoms with van der Waals surface area (Å²) in [5.74, 6) is -0.325. The van der Waals surface area contributed by atoms with Crippen LogP contribution in [0.5, 0.6) is 11.5 Å². The minimum Gasteiger partial charge on any atom is -0.493 e. The van der Waals surface area contributed by atoms with Gasteiger partial charge in [-0.2, -0.15) is 0 Å². The van der Waals surface area contributed by atoms with Crippen molar-refractivity contribution in [3.63, 3.8) is 0 Å². The number of hydrogen-bond acceptors (Lipinski definition) is 4. The molecule has 2 aromatic carbocycles. The number of rotatable bonds is 11. The van der Waals surface area contributed by atoms with Gasteiger partial charge in [-0.3, -0.25) is 4.79 Å². The molecule has 0 saturated heterocycles. The van der Waals surface area contributed by atoms with Gasteiger partial charge in [0.25, 0.3) is 0 Å². The molecule has 154 valence electrons. The molecule has 6 heteroatoms. The smallest absolute Gasteiger partial charge is 0.326 e. The molecule has 0 bridgehead atoms. The number of carbonyl (C=O) groups excluding carboxylic acids is 1. The Hall–Kier alpha value is -3.28. The zero-order chi connectivity index (χ0) is 21.1. The van der Waals surface area contributed by atoms with Crippen molar-refractivity contribution in [3.05, 3.63) is 65.7 Å². The summed E-state index contributed by atoms with van der Waals surface area (Å²) in [5, 5.41) is 11.9. The normalized spacial score (nSPS) is 11.8. The summed E-state index contributed by atoms with van der Waals surface area (Å²) in [6.45, 7) is 2.71. The molecule has 0 spiro atoms. The lowest BCUT2D eigenvalue weighted by Gasteiger charge is -2.13. The van der Waals surface area contributed by atoms with E-state index in [-0.39, 0.29) is 6.42 Å². The number of unbranched alkanes of at least 4 members (excludes halogenated alkanes) is 1. The fourth-order valence-corrected chi connectivity index (χ4v) is 2.68. The molecule has 0 heterocycles. The topological polar surface area (TPSA) is 84.9 Å². The van der Waals surface area contributed by atoms with E-state index in [2.05, 4.69) is 12.2 Å². The Morgan fingerprint density at radius 1 is 1.14 bits per heavy atom. The van der Waals surface area contributed by atoms with Gasteiger partial charge < -0.3 is 19.9 Å². The first-order chi connectivity index (χ1) is 14.0. The van der Waals surface area contributed by atoms with Crippen molar-refractivity contribution in [3.8, 4) is 11.5 Å². The van der Waals surface area contributed by atoms with Gasteiger partial charge in [-0.15, -0.1) is 0 Å². The largest absolute Gasteiger partial charge is 0.493 e. The van der Waals surface area contributed by atoms with Crippen LogP contribution in [0.1, 0.15) is 30.9 Å². The summed E-state index contributed by atoms with van der Waals surface area (Å²) in [5.41, 5.74) is 1.59. The number of benzene rings is 2. The van der Waals surface area contributed by atoms with E-state index < -0.39 is 17.9 Å². The second kappa shape index (κ2) is 11.5. The van der Waals surface area contributed by atoms with Crippen LogP contribution in [0.15, 0.2) is 54.6 Å². The quantitative estimate of drug-likeness (QED) is 0.446. The van der Waals surface area contributed by atoms with Crippen LogP contribution in [-0.4, -0.2) is 36.7 Å². The molecule has 0 fully saturated rings. The number of nitrogens with one attached hydrogen (secondary N) is 1. The van der Waals surface area contributed by atoms with Crippen molar-refractivity contribution in [2.24, 2.45) is 0 Å². The van der Waals surface area contributed by atoms with E-state index in [9.17, 15) is 14.7 Å². The van der Waals surface area contributed by atoms with Gasteiger partial charge >= 0.3 is 5.97 Å². The van der Waals surface area contributed by atoms with E-state index in [4.69, 9.17) is 9.47 Å². The lowest BCUT2D eigenvalue weighted by Crippen LogP contribution is -2.41. The third kappa shape index (κ3) is 7.33. The van der Waals surface area contributed by atoms with Crippen molar-refractivity contribution >= 4 is 18.0 Å². The highest BCUT2D eigenvalue weighted by molar-refractivity contribution is 5.94. The molecular formula is C23H27NO5. The average molecular weight is 397 g/mol. The molecule has 2 rings (SSSR count). The molecule has 0 aromatic heterocycles. The maximum absolute atomic E-state index is 12.2. The number of hydrogen-bond donors (Lipinski definition) is 2. The minimum atomic E-state index is -1.08. The van der Waals surface area contributed by atoms with Gasteiger partial charge in [0.2, 0.25) is 5.91 Å². The molecule has 1 atom stereocenters. The van der Waals surface area contributed by atoms with E-state index in [1.165, 1.54) is 6.08 Å². The van der Waals surface area contributed by atoms with Gasteiger partial charge in [0, 0.05) is 12.5 Å². The van der Waals surface area contributed by atoms with E-state index in [0.29, 0.717) is 18.1 Å². The van der Waals surface area contributed by atoms with E-state index >= 15 is 0 Å². The molecule has 2 N–H and O–H groups in total. The van der Waals surface area contributed by atoms with Crippen LogP contribution in [0.4, 0.5) is 0 Å². The summed E-state index contributed by atoms with van der Waals surface area (Å²) in [4.78, 5) is 23.7. The third-order valence-corrected chi connectivity index (χ3v) is 4.27. The lowest BCUT2D eigenvalue weighted by molar-refractivity contribution is -0.141. The Morgan fingerprint density at radius 3 is 2.55 bits per heavy atom. The molecule has 6 nitrogen and oxygen atoms in total. The molecule has 1 amide bonds. The Balaban J connectivity index is 2.00. The summed E-state index contributed by atoms with van der Waals surface area (Å²) in [7, 11) is 1.56. The summed E-state index contributed by atoms with van der Waals surface area (Å²) in [6, 6.07) is 13.5. The van der Waals surface area contributed by atoms with Crippen LogP contribution in [-0.2, 0) is 16.0 Å². The average Bonchev–Trinajstić information content (AvgIpc) is 2.73. The Morgan fingerprint density at radius 2 is 1.90 bits per heavy atom. The van der Waals surface area contributed by atoms with Gasteiger partial charge in [-0.1, -0.05) is 49.7 Å². The number of carboxylic acids is 1. The van der Waals surface area contributed by atoms with Gasteiger partial charge in [0.05, 0.1) is 13.7 Å². The SMILES string of the molecule is CCCCOc1ccc(/C=C/C(=O)NC(Cc2ccccc2)C(=O)O)cc1OC. The molecule has 29 heavy (non-hydrogen) atoms. The zero-order valence-corrected chi connectivity index (χ0v) is 16.8. The number of methoxy groups -OCH3 is 1. The Kier molecular flexibility index (Phi) is 8.76. The van der Waals surface area contributed by atoms with Crippen molar-refractivity contribution < 1.29 is 24.2 Å². The number of aliphatic carboxylic acids is 1. The molecule has 1 unspecified atom stereocenters. The molecule has 0 aliphatic heterocycles. The second-order valence-corrected chi connectivity index (χ2v) is 6.53. The molecule has 0 aliphatic rings. The van der Waals surface area contributed by atoms with Crippen molar-refractivity contribution in [1.82, 2.24) is 5.32 Å². The molecule has 0 radical (unpaired) electrons. The molecule has 0 saturated carbocycles. The van der Waals surface area contributed by atoms with Crippen LogP contribution < -0.4 is 14.8 Å². The number of carbonyl (C=O) groups is 2. The van der Waals surface area contributed by atoms with Crippen molar-refractivity contribution in [2.75, 3.05) is 13.7 Å². The monoisotopic (exact) mass is 397 g/mol. The van der Waals surface area contributed by atoms with Gasteiger partial charge in [-0.05, 0) is 35.8 Å². The molecular weight excluding hydrogens is 370 g/mol. The summed E-state index contributed by atoms with van der Waals surface area (Å²) < 4.78 is 11.0. The van der Waals surface area contributed by atoms with Crippen molar-refractivity contribution in [1.29, 1.82) is 0 Å². The van der Waals surface area contributed by atoms with Crippen LogP contribution in [0.25, 0.3) is 6.08 Å². The standard InChI is InChI=1S/C23H27NO5/c1-3-4-14-29-20-12-10-18(16-21(20)28-2)11-13-22(25)24-19(23(26)27)15-17-8-6-5-7-9-17/h5-13,16,19H,3-4,14-15H2,1-2H3,(H,24,25)(H,26,27)/b13-11+. The van der Waals surface area contributed by atoms with Gasteiger partial charge in [0.15, 0.2) is 11.5 Å². The molecule has 0 aliphatic carbocycles. The highest BCUT2D eigenvalue weighted by Gasteiger charge is 2.19. The predicted molar refractivity (Wildman–Crippen MR) is 112 cm³/mol. The molecule has 2 aromatic rings. The fraction of sp³-hybridized carbons (Fsp3) is 0.304. The van der Waals surface area contributed by atoms with E-state index in [1.807, 2.05) is 36.4 Å². The van der Waals surface area contributed by atoms with Crippen LogP contribution in [0.2, 0.25) is 0 Å². The highest BCUT2D eigenvalue weighted by Crippen LogP contribution is 2.28. The third-order valence-electron chi connectivity index (χ3n) is 4.27. The summed E-state index contributed by atoms with van der Waals surface area (Å²) in [6.07, 6.45) is 5.13. The number of amides is 1. The Bertz CT molecular complexity index is 832. The van der Waals surface area contributed by atoms with Crippen LogP contribution >= 0.6 is 0 Å². The van der Waals surface area contributed by atoms with Crippen LogP contribution in [0.3, 0.4) is 0 Å². The minimum absolute atomic E-state index is 0.216. The van der Waals surface area contributed by atoms with Gasteiger partial charge in [0.1, 0.15) is 6.04 Å². The van der Waals surface area contributed by atoms with Crippen LogP contribution in [0, 0.1) is 0 Å². The predicted octanol–water partition coefficient (Wildman–Crippen LogP) is 3.70. The summed E-state index contributed by atoms with van der Waals surface area (Å²) >= 11 is 0. The highest BCUT2D eigenvalue weighted by atomic mass is 16.5. The fourth-order valence-electron chi connectivity index (χ4n) is 2.68. The van der Waals surface area contributed by atoms with Gasteiger partial charge in [-0.25, -0.2) is 4.79 Å². The number of ether oxygens (including phenoxy) is 2.